The van der Waals surface area contributed by atoms with Crippen LogP contribution in [0.1, 0.15) is 20.3 Å². The first-order chi connectivity index (χ1) is 7.70. The van der Waals surface area contributed by atoms with E-state index in [0.29, 0.717) is 12.1 Å². The highest BCUT2D eigenvalue weighted by atomic mass is 35.5. The van der Waals surface area contributed by atoms with Crippen molar-refractivity contribution < 1.29 is 0 Å². The summed E-state index contributed by atoms with van der Waals surface area (Å²) in [6.07, 6.45) is 1.16. The van der Waals surface area contributed by atoms with Crippen molar-refractivity contribution >= 4 is 17.3 Å². The van der Waals surface area contributed by atoms with Crippen molar-refractivity contribution in [2.24, 2.45) is 0 Å². The van der Waals surface area contributed by atoms with Gasteiger partial charge in [-0.15, -0.1) is 0 Å². The Morgan fingerprint density at radius 2 is 2.00 bits per heavy atom. The highest BCUT2D eigenvalue weighted by molar-refractivity contribution is 6.33. The summed E-state index contributed by atoms with van der Waals surface area (Å²) in [5, 5.41) is 4.31. The fourth-order valence-electron chi connectivity index (χ4n) is 2.43. The van der Waals surface area contributed by atoms with Gasteiger partial charge >= 0.3 is 0 Å². The van der Waals surface area contributed by atoms with Crippen LogP contribution in [0.2, 0.25) is 5.02 Å². The van der Waals surface area contributed by atoms with Crippen LogP contribution < -0.4 is 10.2 Å². The van der Waals surface area contributed by atoms with E-state index in [0.717, 1.165) is 30.2 Å². The van der Waals surface area contributed by atoms with Gasteiger partial charge in [-0.25, -0.2) is 0 Å². The minimum Gasteiger partial charge on any atom is -0.364 e. The van der Waals surface area contributed by atoms with Gasteiger partial charge in [0.15, 0.2) is 0 Å². The van der Waals surface area contributed by atoms with Crippen LogP contribution in [0, 0.1) is 0 Å². The van der Waals surface area contributed by atoms with E-state index in [4.69, 9.17) is 11.6 Å². The molecule has 1 N–H and O–H groups in total. The van der Waals surface area contributed by atoms with Crippen molar-refractivity contribution in [2.75, 3.05) is 18.0 Å². The molecule has 2 rings (SSSR count). The number of hydrogen-bond acceptors (Lipinski definition) is 2. The van der Waals surface area contributed by atoms with E-state index >= 15 is 0 Å². The zero-order valence-electron chi connectivity index (χ0n) is 9.91. The smallest absolute Gasteiger partial charge is 0.0639 e. The van der Waals surface area contributed by atoms with Crippen molar-refractivity contribution in [3.05, 3.63) is 29.3 Å². The Kier molecular flexibility index (Phi) is 3.72. The first-order valence-corrected chi connectivity index (χ1v) is 6.31. The van der Waals surface area contributed by atoms with Gasteiger partial charge in [-0.2, -0.15) is 0 Å². The van der Waals surface area contributed by atoms with Crippen LogP contribution in [0.4, 0.5) is 5.69 Å². The van der Waals surface area contributed by atoms with Gasteiger partial charge in [0.05, 0.1) is 10.7 Å². The highest BCUT2D eigenvalue weighted by Gasteiger charge is 2.24. The fourth-order valence-corrected chi connectivity index (χ4v) is 2.66. The summed E-state index contributed by atoms with van der Waals surface area (Å²) in [5.74, 6) is 0. The molecule has 1 aliphatic rings. The molecular weight excluding hydrogens is 220 g/mol. The molecule has 0 bridgehead atoms. The predicted molar refractivity (Wildman–Crippen MR) is 70.3 cm³/mol. The van der Waals surface area contributed by atoms with E-state index in [1.165, 1.54) is 0 Å². The molecule has 2 atom stereocenters. The second-order valence-electron chi connectivity index (χ2n) is 4.55. The highest BCUT2D eigenvalue weighted by Crippen LogP contribution is 2.29. The van der Waals surface area contributed by atoms with Crippen molar-refractivity contribution in [1.29, 1.82) is 0 Å². The normalized spacial score (nSPS) is 26.6. The minimum atomic E-state index is 0.484. The number of halogens is 1. The van der Waals surface area contributed by atoms with E-state index in [1.807, 2.05) is 12.1 Å². The molecule has 0 aromatic heterocycles. The molecule has 0 spiro atoms. The lowest BCUT2D eigenvalue weighted by Gasteiger charge is -2.35. The SMILES string of the molecule is CC1CCNCC(C)N1c1ccccc1Cl. The van der Waals surface area contributed by atoms with Crippen LogP contribution in [-0.4, -0.2) is 25.2 Å². The summed E-state index contributed by atoms with van der Waals surface area (Å²) < 4.78 is 0. The molecule has 1 aromatic carbocycles. The number of hydrogen-bond donors (Lipinski definition) is 1. The third-order valence-corrected chi connectivity index (χ3v) is 3.58. The first-order valence-electron chi connectivity index (χ1n) is 5.93. The average Bonchev–Trinajstić information content (AvgIpc) is 2.42. The lowest BCUT2D eigenvalue weighted by atomic mass is 10.1. The second kappa shape index (κ2) is 5.07. The molecule has 1 aromatic rings. The molecule has 1 heterocycles. The summed E-state index contributed by atoms with van der Waals surface area (Å²) in [6.45, 7) is 6.63. The van der Waals surface area contributed by atoms with Crippen LogP contribution in [0.25, 0.3) is 0 Å². The third-order valence-electron chi connectivity index (χ3n) is 3.26. The maximum atomic E-state index is 6.28. The number of nitrogens with zero attached hydrogens (tertiary/aromatic N) is 1. The molecule has 1 aliphatic heterocycles. The van der Waals surface area contributed by atoms with Gasteiger partial charge in [-0.05, 0) is 38.9 Å². The lowest BCUT2D eigenvalue weighted by Crippen LogP contribution is -2.42. The second-order valence-corrected chi connectivity index (χ2v) is 4.96. The zero-order chi connectivity index (χ0) is 11.5. The van der Waals surface area contributed by atoms with Crippen LogP contribution in [-0.2, 0) is 0 Å². The Morgan fingerprint density at radius 1 is 1.25 bits per heavy atom. The van der Waals surface area contributed by atoms with Crippen molar-refractivity contribution in [3.8, 4) is 0 Å². The maximum absolute atomic E-state index is 6.28. The molecule has 0 aliphatic carbocycles. The monoisotopic (exact) mass is 238 g/mol. The third kappa shape index (κ3) is 2.33. The van der Waals surface area contributed by atoms with Gasteiger partial charge in [-0.3, -0.25) is 0 Å². The molecule has 88 valence electrons. The number of anilines is 1. The van der Waals surface area contributed by atoms with E-state index < -0.39 is 0 Å². The molecule has 16 heavy (non-hydrogen) atoms. The molecule has 2 nitrogen and oxygen atoms in total. The Balaban J connectivity index is 2.32. The topological polar surface area (TPSA) is 15.3 Å². The van der Waals surface area contributed by atoms with Crippen molar-refractivity contribution in [2.45, 2.75) is 32.4 Å². The predicted octanol–water partition coefficient (Wildman–Crippen LogP) is 2.92. The number of benzene rings is 1. The molecule has 0 saturated carbocycles. The van der Waals surface area contributed by atoms with Crippen LogP contribution >= 0.6 is 11.6 Å². The first kappa shape index (κ1) is 11.7. The quantitative estimate of drug-likeness (QED) is 0.810. The molecular formula is C13H19ClN2. The number of nitrogens with one attached hydrogen (secondary N) is 1. The van der Waals surface area contributed by atoms with Crippen LogP contribution in [0.3, 0.4) is 0 Å². The van der Waals surface area contributed by atoms with E-state index in [-0.39, 0.29) is 0 Å². The number of rotatable bonds is 1. The zero-order valence-corrected chi connectivity index (χ0v) is 10.7. The Labute approximate surface area is 103 Å². The minimum absolute atomic E-state index is 0.484. The average molecular weight is 239 g/mol. The van der Waals surface area contributed by atoms with Gasteiger partial charge in [-0.1, -0.05) is 23.7 Å². The molecule has 1 fully saturated rings. The standard InChI is InChI=1S/C13H19ClN2/c1-10-7-8-15-9-11(2)16(10)13-6-4-3-5-12(13)14/h3-6,10-11,15H,7-9H2,1-2H3. The van der Waals surface area contributed by atoms with Gasteiger partial charge in [0.1, 0.15) is 0 Å². The van der Waals surface area contributed by atoms with Gasteiger partial charge < -0.3 is 10.2 Å². The Morgan fingerprint density at radius 3 is 2.75 bits per heavy atom. The van der Waals surface area contributed by atoms with E-state index in [9.17, 15) is 0 Å². The molecule has 1 saturated heterocycles. The van der Waals surface area contributed by atoms with Gasteiger partial charge in [0.2, 0.25) is 0 Å². The molecule has 3 heteroatoms. The van der Waals surface area contributed by atoms with Crippen molar-refractivity contribution in [1.82, 2.24) is 5.32 Å². The Hall–Kier alpha value is -0.730. The maximum Gasteiger partial charge on any atom is 0.0639 e. The van der Waals surface area contributed by atoms with Crippen molar-refractivity contribution in [3.63, 3.8) is 0 Å². The summed E-state index contributed by atoms with van der Waals surface area (Å²) in [6, 6.07) is 9.13. The number of para-hydroxylation sites is 1. The van der Waals surface area contributed by atoms with E-state index in [2.05, 4.69) is 36.2 Å². The fraction of sp³-hybridized carbons (Fsp3) is 0.538. The van der Waals surface area contributed by atoms with Gasteiger partial charge in [0, 0.05) is 18.6 Å². The Bertz CT molecular complexity index is 342. The summed E-state index contributed by atoms with van der Waals surface area (Å²) in [7, 11) is 0. The molecule has 2 unspecified atom stereocenters. The van der Waals surface area contributed by atoms with Gasteiger partial charge in [0.25, 0.3) is 0 Å². The van der Waals surface area contributed by atoms with Crippen LogP contribution in [0.5, 0.6) is 0 Å². The summed E-state index contributed by atoms with van der Waals surface area (Å²) in [4.78, 5) is 2.43. The summed E-state index contributed by atoms with van der Waals surface area (Å²) >= 11 is 6.28. The molecule has 0 amide bonds. The summed E-state index contributed by atoms with van der Waals surface area (Å²) in [5.41, 5.74) is 1.16. The molecule has 0 radical (unpaired) electrons. The van der Waals surface area contributed by atoms with Crippen LogP contribution in [0.15, 0.2) is 24.3 Å². The lowest BCUT2D eigenvalue weighted by molar-refractivity contribution is 0.575. The largest absolute Gasteiger partial charge is 0.364 e. The van der Waals surface area contributed by atoms with E-state index in [1.54, 1.807) is 0 Å².